The van der Waals surface area contributed by atoms with Gasteiger partial charge in [0, 0.05) is 43.9 Å². The standard InChI is InChI=1S/C23H33FN4O2S/c1-4-6-15-31(29,30)28-12-8-11-27(13-14-28)23-21(22(5-2)25-18(3)26-23)17-19-9-7-10-20(24)16-19/h7,9-10,16H,4-6,8,11-15,17H2,1-3H3. The normalized spacial score (nSPS) is 15.8. The van der Waals surface area contributed by atoms with Crippen LogP contribution in [0.5, 0.6) is 0 Å². The lowest BCUT2D eigenvalue weighted by atomic mass is 10.0. The van der Waals surface area contributed by atoms with Crippen molar-refractivity contribution in [3.8, 4) is 0 Å². The maximum Gasteiger partial charge on any atom is 0.214 e. The van der Waals surface area contributed by atoms with Crippen molar-refractivity contribution >= 4 is 15.8 Å². The van der Waals surface area contributed by atoms with E-state index in [1.807, 2.05) is 19.9 Å². The van der Waals surface area contributed by atoms with E-state index >= 15 is 0 Å². The summed E-state index contributed by atoms with van der Waals surface area (Å²) in [5.74, 6) is 1.50. The van der Waals surface area contributed by atoms with Gasteiger partial charge in [-0.1, -0.05) is 32.4 Å². The second-order valence-corrected chi connectivity index (χ2v) is 10.2. The minimum Gasteiger partial charge on any atom is -0.355 e. The summed E-state index contributed by atoms with van der Waals surface area (Å²) in [5, 5.41) is 0. The van der Waals surface area contributed by atoms with Crippen molar-refractivity contribution in [2.45, 2.75) is 52.9 Å². The molecule has 0 atom stereocenters. The summed E-state index contributed by atoms with van der Waals surface area (Å²) >= 11 is 0. The van der Waals surface area contributed by atoms with Gasteiger partial charge in [0.25, 0.3) is 0 Å². The first kappa shape index (κ1) is 23.6. The number of aromatic nitrogens is 2. The topological polar surface area (TPSA) is 66.4 Å². The Morgan fingerprint density at radius 2 is 1.90 bits per heavy atom. The maximum atomic E-state index is 13.8. The van der Waals surface area contributed by atoms with E-state index in [4.69, 9.17) is 4.98 Å². The summed E-state index contributed by atoms with van der Waals surface area (Å²) in [6, 6.07) is 6.62. The number of sulfonamides is 1. The van der Waals surface area contributed by atoms with E-state index < -0.39 is 10.0 Å². The Kier molecular flexibility index (Phi) is 8.00. The highest BCUT2D eigenvalue weighted by Crippen LogP contribution is 2.26. The van der Waals surface area contributed by atoms with Crippen LogP contribution in [0.1, 0.15) is 55.8 Å². The van der Waals surface area contributed by atoms with E-state index in [0.29, 0.717) is 38.3 Å². The first-order chi connectivity index (χ1) is 14.8. The van der Waals surface area contributed by atoms with Gasteiger partial charge in [-0.15, -0.1) is 0 Å². The number of hydrogen-bond acceptors (Lipinski definition) is 5. The maximum absolute atomic E-state index is 13.8. The molecule has 3 rings (SSSR count). The lowest BCUT2D eigenvalue weighted by Crippen LogP contribution is -2.37. The van der Waals surface area contributed by atoms with Crippen LogP contribution in [-0.4, -0.2) is 54.6 Å². The number of anilines is 1. The number of rotatable bonds is 8. The third kappa shape index (κ3) is 6.01. The highest BCUT2D eigenvalue weighted by Gasteiger charge is 2.27. The molecule has 0 unspecified atom stereocenters. The fourth-order valence-electron chi connectivity index (χ4n) is 4.06. The summed E-state index contributed by atoms with van der Waals surface area (Å²) in [6.07, 6.45) is 3.60. The Morgan fingerprint density at radius 1 is 1.10 bits per heavy atom. The second-order valence-electron chi connectivity index (χ2n) is 8.09. The zero-order valence-corrected chi connectivity index (χ0v) is 19.6. The summed E-state index contributed by atoms with van der Waals surface area (Å²) in [5.41, 5.74) is 2.84. The number of halogens is 1. The van der Waals surface area contributed by atoms with E-state index in [1.54, 1.807) is 16.4 Å². The molecule has 2 aromatic rings. The van der Waals surface area contributed by atoms with Gasteiger partial charge in [0.1, 0.15) is 17.5 Å². The van der Waals surface area contributed by atoms with Gasteiger partial charge in [-0.25, -0.2) is 27.1 Å². The summed E-state index contributed by atoms with van der Waals surface area (Å²) < 4.78 is 40.8. The zero-order chi connectivity index (χ0) is 22.4. The van der Waals surface area contributed by atoms with Crippen molar-refractivity contribution in [1.29, 1.82) is 0 Å². The van der Waals surface area contributed by atoms with Gasteiger partial charge in [0.2, 0.25) is 10.0 Å². The Bertz CT molecular complexity index is 997. The molecule has 2 heterocycles. The van der Waals surface area contributed by atoms with Crippen LogP contribution in [0, 0.1) is 12.7 Å². The summed E-state index contributed by atoms with van der Waals surface area (Å²) in [6.45, 7) is 8.25. The molecule has 0 aliphatic carbocycles. The van der Waals surface area contributed by atoms with Crippen LogP contribution in [0.25, 0.3) is 0 Å². The van der Waals surface area contributed by atoms with Gasteiger partial charge in [0.15, 0.2) is 0 Å². The predicted octanol–water partition coefficient (Wildman–Crippen LogP) is 3.72. The Hall–Kier alpha value is -2.06. The molecular weight excluding hydrogens is 415 g/mol. The van der Waals surface area contributed by atoms with Gasteiger partial charge in [-0.2, -0.15) is 0 Å². The van der Waals surface area contributed by atoms with Crippen LogP contribution in [0.3, 0.4) is 0 Å². The Balaban J connectivity index is 1.88. The molecule has 6 nitrogen and oxygen atoms in total. The molecule has 0 saturated carbocycles. The third-order valence-electron chi connectivity index (χ3n) is 5.69. The Morgan fingerprint density at radius 3 is 2.61 bits per heavy atom. The van der Waals surface area contributed by atoms with Crippen LogP contribution in [0.15, 0.2) is 24.3 Å². The average Bonchev–Trinajstić information content (AvgIpc) is 3.00. The van der Waals surface area contributed by atoms with Crippen molar-refractivity contribution < 1.29 is 12.8 Å². The van der Waals surface area contributed by atoms with Crippen LogP contribution < -0.4 is 4.90 Å². The van der Waals surface area contributed by atoms with E-state index in [0.717, 1.165) is 48.4 Å². The molecule has 1 aromatic heterocycles. The highest BCUT2D eigenvalue weighted by molar-refractivity contribution is 7.89. The lowest BCUT2D eigenvalue weighted by Gasteiger charge is -2.26. The van der Waals surface area contributed by atoms with Gasteiger partial charge >= 0.3 is 0 Å². The molecule has 170 valence electrons. The van der Waals surface area contributed by atoms with Crippen molar-refractivity contribution in [3.63, 3.8) is 0 Å². The predicted molar refractivity (Wildman–Crippen MR) is 122 cm³/mol. The molecule has 1 saturated heterocycles. The number of hydrogen-bond donors (Lipinski definition) is 0. The molecule has 1 fully saturated rings. The average molecular weight is 449 g/mol. The molecule has 0 spiro atoms. The van der Waals surface area contributed by atoms with Gasteiger partial charge in [0.05, 0.1) is 5.75 Å². The van der Waals surface area contributed by atoms with Gasteiger partial charge in [-0.05, 0) is 43.9 Å². The summed E-state index contributed by atoms with van der Waals surface area (Å²) in [7, 11) is -3.23. The van der Waals surface area contributed by atoms with Crippen molar-refractivity contribution in [1.82, 2.24) is 14.3 Å². The van der Waals surface area contributed by atoms with Gasteiger partial charge in [-0.3, -0.25) is 0 Å². The number of aryl methyl sites for hydroxylation is 2. The SMILES string of the molecule is CCCCS(=O)(=O)N1CCCN(c2nc(C)nc(CC)c2Cc2cccc(F)c2)CC1. The fourth-order valence-corrected chi connectivity index (χ4v) is 5.74. The first-order valence-corrected chi connectivity index (χ1v) is 12.8. The molecule has 8 heteroatoms. The molecule has 1 aliphatic rings. The lowest BCUT2D eigenvalue weighted by molar-refractivity contribution is 0.432. The first-order valence-electron chi connectivity index (χ1n) is 11.2. The van der Waals surface area contributed by atoms with Crippen molar-refractivity contribution in [3.05, 3.63) is 52.7 Å². The molecule has 0 radical (unpaired) electrons. The largest absolute Gasteiger partial charge is 0.355 e. The van der Waals surface area contributed by atoms with E-state index in [-0.39, 0.29) is 11.6 Å². The zero-order valence-electron chi connectivity index (χ0n) is 18.8. The van der Waals surface area contributed by atoms with E-state index in [9.17, 15) is 12.8 Å². The molecule has 0 amide bonds. The smallest absolute Gasteiger partial charge is 0.214 e. The van der Waals surface area contributed by atoms with Crippen molar-refractivity contribution in [2.75, 3.05) is 36.8 Å². The van der Waals surface area contributed by atoms with Gasteiger partial charge < -0.3 is 4.90 Å². The monoisotopic (exact) mass is 448 g/mol. The second kappa shape index (κ2) is 10.5. The van der Waals surface area contributed by atoms with E-state index in [2.05, 4.69) is 16.8 Å². The fraction of sp³-hybridized carbons (Fsp3) is 0.565. The number of unbranched alkanes of at least 4 members (excludes halogenated alkanes) is 1. The molecule has 0 bridgehead atoms. The number of nitrogens with zero attached hydrogens (tertiary/aromatic N) is 4. The third-order valence-corrected chi connectivity index (χ3v) is 7.65. The molecule has 1 aliphatic heterocycles. The van der Waals surface area contributed by atoms with E-state index in [1.165, 1.54) is 6.07 Å². The Labute approximate surface area is 185 Å². The van der Waals surface area contributed by atoms with Crippen LogP contribution in [0.4, 0.5) is 10.2 Å². The molecular formula is C23H33FN4O2S. The highest BCUT2D eigenvalue weighted by atomic mass is 32.2. The minimum absolute atomic E-state index is 0.209. The van der Waals surface area contributed by atoms with Crippen LogP contribution >= 0.6 is 0 Å². The van der Waals surface area contributed by atoms with Crippen LogP contribution in [-0.2, 0) is 22.9 Å². The number of benzene rings is 1. The molecule has 31 heavy (non-hydrogen) atoms. The quantitative estimate of drug-likeness (QED) is 0.616. The molecule has 0 N–H and O–H groups in total. The van der Waals surface area contributed by atoms with Crippen LogP contribution in [0.2, 0.25) is 0 Å². The van der Waals surface area contributed by atoms with Crippen molar-refractivity contribution in [2.24, 2.45) is 0 Å². The summed E-state index contributed by atoms with van der Waals surface area (Å²) in [4.78, 5) is 11.6. The minimum atomic E-state index is -3.23. The molecule has 1 aromatic carbocycles.